The molecule has 0 radical (unpaired) electrons. The molecule has 2 aliphatic rings. The zero-order valence-electron chi connectivity index (χ0n) is 15.0. The van der Waals surface area contributed by atoms with E-state index in [0.29, 0.717) is 34.7 Å². The number of carbonyl (C=O) groups excluding carboxylic acids is 1. The minimum atomic E-state index is -0.146. The van der Waals surface area contributed by atoms with Crippen molar-refractivity contribution in [3.63, 3.8) is 0 Å². The topological polar surface area (TPSA) is 74.9 Å². The quantitative estimate of drug-likeness (QED) is 0.840. The molecular formula is C21H17N3O3. The minimum Gasteiger partial charge on any atom is -0.493 e. The average molecular weight is 359 g/mol. The van der Waals surface area contributed by atoms with E-state index in [1.807, 2.05) is 18.3 Å². The Morgan fingerprint density at radius 3 is 2.52 bits per heavy atom. The van der Waals surface area contributed by atoms with Gasteiger partial charge in [-0.3, -0.25) is 9.79 Å². The van der Waals surface area contributed by atoms with Crippen molar-refractivity contribution in [3.05, 3.63) is 59.3 Å². The number of carbonyl (C=O) groups is 1. The van der Waals surface area contributed by atoms with Gasteiger partial charge in [-0.1, -0.05) is 12.1 Å². The van der Waals surface area contributed by atoms with Crippen molar-refractivity contribution in [2.75, 3.05) is 14.2 Å². The molecule has 0 aliphatic carbocycles. The molecular weight excluding hydrogens is 342 g/mol. The van der Waals surface area contributed by atoms with Gasteiger partial charge in [-0.05, 0) is 29.3 Å². The smallest absolute Gasteiger partial charge is 0.260 e. The molecule has 134 valence electrons. The van der Waals surface area contributed by atoms with E-state index in [2.05, 4.69) is 11.1 Å². The van der Waals surface area contributed by atoms with Crippen LogP contribution in [0.5, 0.6) is 11.5 Å². The van der Waals surface area contributed by atoms with Crippen molar-refractivity contribution in [1.82, 2.24) is 4.90 Å². The normalized spacial score (nSPS) is 17.5. The minimum absolute atomic E-state index is 0.128. The molecule has 1 amide bonds. The van der Waals surface area contributed by atoms with Crippen LogP contribution in [0, 0.1) is 11.3 Å². The van der Waals surface area contributed by atoms with E-state index in [9.17, 15) is 4.79 Å². The van der Waals surface area contributed by atoms with E-state index < -0.39 is 0 Å². The lowest BCUT2D eigenvalue weighted by molar-refractivity contribution is 0.0817. The molecule has 27 heavy (non-hydrogen) atoms. The van der Waals surface area contributed by atoms with Gasteiger partial charge in [-0.15, -0.1) is 0 Å². The third kappa shape index (κ3) is 2.83. The lowest BCUT2D eigenvalue weighted by Gasteiger charge is -2.18. The number of hydrogen-bond donors (Lipinski definition) is 0. The number of fused-ring (bicyclic) bond motifs is 2. The maximum atomic E-state index is 13.1. The van der Waals surface area contributed by atoms with Crippen molar-refractivity contribution in [1.29, 1.82) is 5.26 Å². The number of rotatable bonds is 3. The Hall–Kier alpha value is -3.59. The van der Waals surface area contributed by atoms with Gasteiger partial charge in [-0.2, -0.15) is 5.26 Å². The highest BCUT2D eigenvalue weighted by molar-refractivity contribution is 6.05. The zero-order chi connectivity index (χ0) is 19.0. The monoisotopic (exact) mass is 359 g/mol. The summed E-state index contributed by atoms with van der Waals surface area (Å²) in [7, 11) is 3.09. The first-order chi connectivity index (χ1) is 13.1. The van der Waals surface area contributed by atoms with Gasteiger partial charge in [0.15, 0.2) is 11.5 Å². The molecule has 0 bridgehead atoms. The number of benzene rings is 2. The van der Waals surface area contributed by atoms with Gasteiger partial charge in [0, 0.05) is 24.9 Å². The van der Waals surface area contributed by atoms with Gasteiger partial charge in [0.25, 0.3) is 5.91 Å². The summed E-state index contributed by atoms with van der Waals surface area (Å²) in [6.45, 7) is 0. The highest BCUT2D eigenvalue weighted by atomic mass is 16.5. The Kier molecular flexibility index (Phi) is 4.13. The molecule has 0 spiro atoms. The number of ether oxygens (including phenoxy) is 2. The van der Waals surface area contributed by atoms with Crippen LogP contribution < -0.4 is 9.47 Å². The van der Waals surface area contributed by atoms with E-state index in [4.69, 9.17) is 14.7 Å². The Bertz CT molecular complexity index is 1020. The fraction of sp³-hybridized carbons (Fsp3) is 0.190. The predicted octanol–water partition coefficient (Wildman–Crippen LogP) is 3.55. The summed E-state index contributed by atoms with van der Waals surface area (Å²) in [5.74, 6) is 0.905. The van der Waals surface area contributed by atoms with Crippen LogP contribution in [0.2, 0.25) is 0 Å². The first-order valence-corrected chi connectivity index (χ1v) is 8.48. The highest BCUT2D eigenvalue weighted by Crippen LogP contribution is 2.39. The first kappa shape index (κ1) is 16.9. The fourth-order valence-corrected chi connectivity index (χ4v) is 3.38. The van der Waals surface area contributed by atoms with Gasteiger partial charge in [-0.25, -0.2) is 0 Å². The molecule has 4 rings (SSSR count). The van der Waals surface area contributed by atoms with E-state index in [-0.39, 0.29) is 11.9 Å². The van der Waals surface area contributed by atoms with Gasteiger partial charge >= 0.3 is 0 Å². The SMILES string of the molecule is COc1cc2c(cc1OC)C(=O)N1C=C(c3ccc(C#N)cc3)C[C@H]1C=N2. The summed E-state index contributed by atoms with van der Waals surface area (Å²) < 4.78 is 10.6. The van der Waals surface area contributed by atoms with Gasteiger partial charge in [0.1, 0.15) is 0 Å². The van der Waals surface area contributed by atoms with E-state index in [1.54, 1.807) is 42.5 Å². The lowest BCUT2D eigenvalue weighted by Crippen LogP contribution is -2.32. The molecule has 2 aromatic carbocycles. The second kappa shape index (κ2) is 6.61. The molecule has 0 saturated heterocycles. The molecule has 0 saturated carbocycles. The predicted molar refractivity (Wildman–Crippen MR) is 101 cm³/mol. The second-order valence-electron chi connectivity index (χ2n) is 6.33. The molecule has 2 heterocycles. The van der Waals surface area contributed by atoms with Crippen molar-refractivity contribution in [2.45, 2.75) is 12.5 Å². The summed E-state index contributed by atoms with van der Waals surface area (Å²) in [5, 5.41) is 8.95. The maximum Gasteiger partial charge on any atom is 0.260 e. The molecule has 0 N–H and O–H groups in total. The number of hydrogen-bond acceptors (Lipinski definition) is 5. The molecule has 0 fully saturated rings. The van der Waals surface area contributed by atoms with Crippen LogP contribution in [-0.4, -0.2) is 37.3 Å². The Morgan fingerprint density at radius 1 is 1.15 bits per heavy atom. The zero-order valence-corrected chi connectivity index (χ0v) is 15.0. The number of methoxy groups -OCH3 is 2. The molecule has 2 aromatic rings. The van der Waals surface area contributed by atoms with Gasteiger partial charge in [0.05, 0.1) is 43.1 Å². The number of nitrogens with zero attached hydrogens (tertiary/aromatic N) is 3. The van der Waals surface area contributed by atoms with Crippen LogP contribution in [0.25, 0.3) is 5.57 Å². The van der Waals surface area contributed by atoms with Crippen LogP contribution in [0.3, 0.4) is 0 Å². The molecule has 6 nitrogen and oxygen atoms in total. The Morgan fingerprint density at radius 2 is 1.85 bits per heavy atom. The standard InChI is InChI=1S/C21H17N3O3/c1-26-19-8-17-18(9-20(19)27-2)23-11-16-7-15(12-24(16)21(17)25)14-5-3-13(10-22)4-6-14/h3-6,8-9,11-12,16H,7H2,1-2H3/t16-/m0/s1. The van der Waals surface area contributed by atoms with Gasteiger partial charge in [0.2, 0.25) is 0 Å². The van der Waals surface area contributed by atoms with Crippen molar-refractivity contribution in [3.8, 4) is 17.6 Å². The number of amides is 1. The molecule has 0 unspecified atom stereocenters. The van der Waals surface area contributed by atoms with Crippen LogP contribution >= 0.6 is 0 Å². The molecule has 6 heteroatoms. The third-order valence-corrected chi connectivity index (χ3v) is 4.82. The lowest BCUT2D eigenvalue weighted by atomic mass is 10.0. The molecule has 2 aliphatic heterocycles. The van der Waals surface area contributed by atoms with Crippen LogP contribution in [0.4, 0.5) is 5.69 Å². The summed E-state index contributed by atoms with van der Waals surface area (Å²) in [6, 6.07) is 12.7. The van der Waals surface area contributed by atoms with Gasteiger partial charge < -0.3 is 14.4 Å². The number of nitriles is 1. The van der Waals surface area contributed by atoms with Crippen LogP contribution in [0.1, 0.15) is 27.9 Å². The second-order valence-corrected chi connectivity index (χ2v) is 6.33. The van der Waals surface area contributed by atoms with Crippen LogP contribution in [0.15, 0.2) is 47.6 Å². The molecule has 1 atom stereocenters. The largest absolute Gasteiger partial charge is 0.493 e. The van der Waals surface area contributed by atoms with E-state index in [0.717, 1.165) is 11.1 Å². The third-order valence-electron chi connectivity index (χ3n) is 4.82. The Labute approximate surface area is 157 Å². The fourth-order valence-electron chi connectivity index (χ4n) is 3.38. The Balaban J connectivity index is 1.71. The summed E-state index contributed by atoms with van der Waals surface area (Å²) in [5.41, 5.74) is 3.69. The number of aliphatic imine (C=N–C) groups is 1. The van der Waals surface area contributed by atoms with Crippen LogP contribution in [-0.2, 0) is 0 Å². The average Bonchev–Trinajstić information content (AvgIpc) is 3.10. The van der Waals surface area contributed by atoms with Crippen molar-refractivity contribution >= 4 is 23.4 Å². The molecule has 0 aromatic heterocycles. The first-order valence-electron chi connectivity index (χ1n) is 8.48. The summed E-state index contributed by atoms with van der Waals surface area (Å²) >= 11 is 0. The van der Waals surface area contributed by atoms with Crippen molar-refractivity contribution in [2.24, 2.45) is 4.99 Å². The van der Waals surface area contributed by atoms with E-state index >= 15 is 0 Å². The maximum absolute atomic E-state index is 13.1. The highest BCUT2D eigenvalue weighted by Gasteiger charge is 2.33. The van der Waals surface area contributed by atoms with E-state index in [1.165, 1.54) is 7.11 Å². The summed E-state index contributed by atoms with van der Waals surface area (Å²) in [4.78, 5) is 19.3. The van der Waals surface area contributed by atoms with Crippen molar-refractivity contribution < 1.29 is 14.3 Å². The summed E-state index contributed by atoms with van der Waals surface area (Å²) in [6.07, 6.45) is 4.33.